The van der Waals surface area contributed by atoms with E-state index in [0.717, 1.165) is 5.56 Å². The Morgan fingerprint density at radius 2 is 2.00 bits per heavy atom. The first kappa shape index (κ1) is 12.9. The van der Waals surface area contributed by atoms with E-state index in [4.69, 9.17) is 28.9 Å². The maximum Gasteiger partial charge on any atom is 0.271 e. The van der Waals surface area contributed by atoms with E-state index in [0.29, 0.717) is 22.3 Å². The molecule has 5 nitrogen and oxygen atoms in total. The number of halogens is 2. The Morgan fingerprint density at radius 1 is 1.39 bits per heavy atom. The van der Waals surface area contributed by atoms with Crippen molar-refractivity contribution in [3.8, 4) is 0 Å². The average Bonchev–Trinajstić information content (AvgIpc) is 2.66. The number of benzene rings is 1. The zero-order chi connectivity index (χ0) is 13.3. The summed E-state index contributed by atoms with van der Waals surface area (Å²) in [6, 6.07) is 5.24. The van der Waals surface area contributed by atoms with E-state index in [1.54, 1.807) is 25.1 Å². The van der Waals surface area contributed by atoms with Crippen molar-refractivity contribution in [1.29, 1.82) is 0 Å². The number of rotatable bonds is 3. The molecule has 1 heterocycles. The topological polar surface area (TPSA) is 73.8 Å². The molecule has 0 bridgehead atoms. The Kier molecular flexibility index (Phi) is 3.54. The molecule has 2 N–H and O–H groups in total. The second kappa shape index (κ2) is 4.96. The molecule has 0 aliphatic heterocycles. The van der Waals surface area contributed by atoms with E-state index < -0.39 is 5.91 Å². The molecule has 0 fully saturated rings. The summed E-state index contributed by atoms with van der Waals surface area (Å²) < 4.78 is 1.53. The van der Waals surface area contributed by atoms with Gasteiger partial charge in [-0.3, -0.25) is 4.79 Å². The number of nitrogens with two attached hydrogens (primary N) is 1. The van der Waals surface area contributed by atoms with Crippen LogP contribution in [0.4, 0.5) is 0 Å². The summed E-state index contributed by atoms with van der Waals surface area (Å²) >= 11 is 12.1. The lowest BCUT2D eigenvalue weighted by atomic mass is 10.2. The lowest BCUT2D eigenvalue weighted by molar-refractivity contribution is 0.0995. The Hall–Kier alpha value is -1.59. The highest BCUT2D eigenvalue weighted by atomic mass is 35.5. The van der Waals surface area contributed by atoms with Gasteiger partial charge in [-0.1, -0.05) is 34.5 Å². The molecule has 0 saturated heterocycles. The van der Waals surface area contributed by atoms with Crippen molar-refractivity contribution < 1.29 is 4.79 Å². The third-order valence-electron chi connectivity index (χ3n) is 2.59. The van der Waals surface area contributed by atoms with Gasteiger partial charge in [0.05, 0.1) is 12.2 Å². The maximum atomic E-state index is 11.1. The molecule has 0 spiro atoms. The predicted molar refractivity (Wildman–Crippen MR) is 68.8 cm³/mol. The van der Waals surface area contributed by atoms with Crippen LogP contribution in [0.2, 0.25) is 10.0 Å². The molecule has 0 radical (unpaired) electrons. The van der Waals surface area contributed by atoms with Gasteiger partial charge in [0.2, 0.25) is 0 Å². The van der Waals surface area contributed by atoms with Gasteiger partial charge in [-0.2, -0.15) is 0 Å². The second-order valence-electron chi connectivity index (χ2n) is 3.75. The van der Waals surface area contributed by atoms with Crippen LogP contribution < -0.4 is 5.73 Å². The highest BCUT2D eigenvalue weighted by molar-refractivity contribution is 6.35. The van der Waals surface area contributed by atoms with Crippen molar-refractivity contribution in [3.63, 3.8) is 0 Å². The second-order valence-corrected chi connectivity index (χ2v) is 4.56. The van der Waals surface area contributed by atoms with Crippen LogP contribution in [0.3, 0.4) is 0 Å². The first-order chi connectivity index (χ1) is 8.50. The minimum Gasteiger partial charge on any atom is -0.364 e. The normalized spacial score (nSPS) is 10.6. The van der Waals surface area contributed by atoms with Crippen molar-refractivity contribution >= 4 is 29.1 Å². The zero-order valence-corrected chi connectivity index (χ0v) is 11.0. The molecule has 0 aliphatic carbocycles. The minimum absolute atomic E-state index is 0.151. The number of amides is 1. The number of hydrogen-bond acceptors (Lipinski definition) is 3. The van der Waals surface area contributed by atoms with Crippen molar-refractivity contribution in [2.75, 3.05) is 0 Å². The summed E-state index contributed by atoms with van der Waals surface area (Å²) in [5.41, 5.74) is 6.63. The third kappa shape index (κ3) is 2.32. The summed E-state index contributed by atoms with van der Waals surface area (Å²) in [7, 11) is 0. The lowest BCUT2D eigenvalue weighted by Gasteiger charge is -2.07. The third-order valence-corrected chi connectivity index (χ3v) is 3.29. The standard InChI is InChI=1S/C11H10Cl2N4O/c1-6-10(11(14)18)15-16-17(6)5-7-8(12)3-2-4-9(7)13/h2-4H,5H2,1H3,(H2,14,18). The summed E-state index contributed by atoms with van der Waals surface area (Å²) in [4.78, 5) is 11.1. The molecule has 7 heteroatoms. The summed E-state index contributed by atoms with van der Waals surface area (Å²) in [6.45, 7) is 2.05. The Balaban J connectivity index is 2.38. The van der Waals surface area contributed by atoms with Gasteiger partial charge >= 0.3 is 0 Å². The molecule has 1 amide bonds. The number of nitrogens with zero attached hydrogens (tertiary/aromatic N) is 3. The highest BCUT2D eigenvalue weighted by Gasteiger charge is 2.15. The Bertz CT molecular complexity index is 589. The van der Waals surface area contributed by atoms with Crippen molar-refractivity contribution in [3.05, 3.63) is 45.2 Å². The van der Waals surface area contributed by atoms with Gasteiger partial charge in [-0.15, -0.1) is 5.10 Å². The Labute approximate surface area is 113 Å². The number of carbonyl (C=O) groups is 1. The first-order valence-corrected chi connectivity index (χ1v) is 5.89. The van der Waals surface area contributed by atoms with Crippen LogP contribution >= 0.6 is 23.2 Å². The Morgan fingerprint density at radius 3 is 2.50 bits per heavy atom. The van der Waals surface area contributed by atoms with Crippen LogP contribution in [0.5, 0.6) is 0 Å². The van der Waals surface area contributed by atoms with Crippen molar-refractivity contribution in [2.24, 2.45) is 5.73 Å². The SMILES string of the molecule is Cc1c(C(N)=O)nnn1Cc1c(Cl)cccc1Cl. The maximum absolute atomic E-state index is 11.1. The van der Waals surface area contributed by atoms with E-state index in [1.807, 2.05) is 0 Å². The number of aromatic nitrogens is 3. The minimum atomic E-state index is -0.607. The number of carbonyl (C=O) groups excluding carboxylic acids is 1. The molecule has 0 atom stereocenters. The largest absolute Gasteiger partial charge is 0.364 e. The van der Waals surface area contributed by atoms with Crippen LogP contribution in [-0.2, 0) is 6.54 Å². The average molecular weight is 285 g/mol. The molecule has 0 saturated carbocycles. The molecule has 0 unspecified atom stereocenters. The molecular formula is C11H10Cl2N4O. The summed E-state index contributed by atoms with van der Waals surface area (Å²) in [5, 5.41) is 8.67. The quantitative estimate of drug-likeness (QED) is 0.937. The molecule has 0 aliphatic rings. The molecule has 2 aromatic rings. The fourth-order valence-corrected chi connectivity index (χ4v) is 2.09. The zero-order valence-electron chi connectivity index (χ0n) is 9.52. The number of primary amides is 1. The van der Waals surface area contributed by atoms with E-state index >= 15 is 0 Å². The number of hydrogen-bond donors (Lipinski definition) is 1. The molecule has 2 rings (SSSR count). The van der Waals surface area contributed by atoms with Gasteiger partial charge in [-0.05, 0) is 19.1 Å². The van der Waals surface area contributed by atoms with Crippen molar-refractivity contribution in [2.45, 2.75) is 13.5 Å². The fraction of sp³-hybridized carbons (Fsp3) is 0.182. The molecule has 94 valence electrons. The van der Waals surface area contributed by atoms with Gasteiger partial charge in [0.1, 0.15) is 0 Å². The van der Waals surface area contributed by atoms with E-state index in [2.05, 4.69) is 10.3 Å². The van der Waals surface area contributed by atoms with Gasteiger partial charge in [-0.25, -0.2) is 4.68 Å². The monoisotopic (exact) mass is 284 g/mol. The van der Waals surface area contributed by atoms with Crippen LogP contribution in [0.15, 0.2) is 18.2 Å². The van der Waals surface area contributed by atoms with Crippen LogP contribution in [0, 0.1) is 6.92 Å². The molecule has 1 aromatic heterocycles. The van der Waals surface area contributed by atoms with Crippen LogP contribution in [-0.4, -0.2) is 20.9 Å². The lowest BCUT2D eigenvalue weighted by Crippen LogP contribution is -2.13. The molecule has 18 heavy (non-hydrogen) atoms. The van der Waals surface area contributed by atoms with E-state index in [1.165, 1.54) is 4.68 Å². The van der Waals surface area contributed by atoms with E-state index in [-0.39, 0.29) is 5.69 Å². The highest BCUT2D eigenvalue weighted by Crippen LogP contribution is 2.25. The van der Waals surface area contributed by atoms with Gasteiger partial charge in [0.25, 0.3) is 5.91 Å². The summed E-state index contributed by atoms with van der Waals surface area (Å²) in [5.74, 6) is -0.607. The molecule has 1 aromatic carbocycles. The van der Waals surface area contributed by atoms with E-state index in [9.17, 15) is 4.79 Å². The smallest absolute Gasteiger partial charge is 0.271 e. The van der Waals surface area contributed by atoms with Gasteiger partial charge in [0.15, 0.2) is 5.69 Å². The fourth-order valence-electron chi connectivity index (χ4n) is 1.57. The van der Waals surface area contributed by atoms with Crippen LogP contribution in [0.25, 0.3) is 0 Å². The van der Waals surface area contributed by atoms with Crippen LogP contribution in [0.1, 0.15) is 21.7 Å². The predicted octanol–water partition coefficient (Wildman–Crippen LogP) is 2.04. The van der Waals surface area contributed by atoms with Crippen molar-refractivity contribution in [1.82, 2.24) is 15.0 Å². The van der Waals surface area contributed by atoms with Gasteiger partial charge < -0.3 is 5.73 Å². The molecular weight excluding hydrogens is 275 g/mol. The summed E-state index contributed by atoms with van der Waals surface area (Å²) in [6.07, 6.45) is 0. The first-order valence-electron chi connectivity index (χ1n) is 5.13. The van der Waals surface area contributed by atoms with Gasteiger partial charge in [0, 0.05) is 15.6 Å².